The molecule has 0 saturated carbocycles. The Hall–Kier alpha value is -2.11. The molecule has 1 atom stereocenters. The maximum atomic E-state index is 12.8. The molecular formula is C17H24N4O2. The van der Waals surface area contributed by atoms with Gasteiger partial charge in [-0.1, -0.05) is 13.8 Å². The van der Waals surface area contributed by atoms with Crippen molar-refractivity contribution in [1.82, 2.24) is 19.7 Å². The van der Waals surface area contributed by atoms with E-state index >= 15 is 0 Å². The molecule has 0 aliphatic carbocycles. The van der Waals surface area contributed by atoms with E-state index in [1.54, 1.807) is 0 Å². The van der Waals surface area contributed by atoms with Gasteiger partial charge in [0.15, 0.2) is 5.82 Å². The number of furan rings is 1. The molecule has 0 N–H and O–H groups in total. The molecule has 3 rings (SSSR count). The zero-order chi connectivity index (χ0) is 16.7. The van der Waals surface area contributed by atoms with E-state index in [4.69, 9.17) is 4.42 Å². The van der Waals surface area contributed by atoms with Crippen LogP contribution < -0.4 is 0 Å². The van der Waals surface area contributed by atoms with E-state index in [0.717, 1.165) is 35.3 Å². The number of rotatable bonds is 3. The van der Waals surface area contributed by atoms with Crippen LogP contribution in [0.2, 0.25) is 0 Å². The van der Waals surface area contributed by atoms with Crippen molar-refractivity contribution in [2.24, 2.45) is 0 Å². The second-order valence-electron chi connectivity index (χ2n) is 6.63. The fourth-order valence-corrected chi connectivity index (χ4v) is 3.28. The summed E-state index contributed by atoms with van der Waals surface area (Å²) in [5.74, 6) is 3.81. The average Bonchev–Trinajstić information content (AvgIpc) is 3.07. The van der Waals surface area contributed by atoms with Gasteiger partial charge in [-0.2, -0.15) is 0 Å². The average molecular weight is 316 g/mol. The number of hydrogen-bond acceptors (Lipinski definition) is 4. The molecule has 1 aliphatic heterocycles. The largest absolute Gasteiger partial charge is 0.466 e. The number of carbonyl (C=O) groups excluding carboxylic acids is 1. The van der Waals surface area contributed by atoms with Crippen LogP contribution in [0.4, 0.5) is 0 Å². The smallest absolute Gasteiger partial charge is 0.230 e. The van der Waals surface area contributed by atoms with Crippen LogP contribution in [0.25, 0.3) is 0 Å². The molecule has 0 radical (unpaired) electrons. The highest BCUT2D eigenvalue weighted by Gasteiger charge is 2.29. The van der Waals surface area contributed by atoms with E-state index in [1.165, 1.54) is 0 Å². The quantitative estimate of drug-likeness (QED) is 0.873. The third kappa shape index (κ3) is 2.78. The summed E-state index contributed by atoms with van der Waals surface area (Å²) in [7, 11) is 0. The summed E-state index contributed by atoms with van der Waals surface area (Å²) in [5, 5.41) is 8.54. The number of hydrogen-bond donors (Lipinski definition) is 0. The van der Waals surface area contributed by atoms with E-state index < -0.39 is 0 Å². The molecule has 3 heterocycles. The van der Waals surface area contributed by atoms with Crippen molar-refractivity contribution in [3.8, 4) is 0 Å². The third-order valence-electron chi connectivity index (χ3n) is 4.53. The van der Waals surface area contributed by atoms with Gasteiger partial charge in [0.05, 0.1) is 12.5 Å². The molecule has 0 saturated heterocycles. The van der Waals surface area contributed by atoms with Crippen LogP contribution in [0.5, 0.6) is 0 Å². The summed E-state index contributed by atoms with van der Waals surface area (Å²) in [6.07, 6.45) is 0. The fourth-order valence-electron chi connectivity index (χ4n) is 3.28. The molecular weight excluding hydrogens is 292 g/mol. The highest BCUT2D eigenvalue weighted by atomic mass is 16.3. The standard InChI is InChI=1S/C17H24N4O2/c1-10(2)16-19-18-15-9-20(6-7-21(15)16)17(22)12(4)14-8-11(3)23-13(14)5/h8,10,12H,6-7,9H2,1-5H3. The van der Waals surface area contributed by atoms with Crippen molar-refractivity contribution in [3.05, 3.63) is 34.8 Å². The summed E-state index contributed by atoms with van der Waals surface area (Å²) in [6, 6.07) is 1.96. The highest BCUT2D eigenvalue weighted by Crippen LogP contribution is 2.27. The second kappa shape index (κ2) is 5.83. The van der Waals surface area contributed by atoms with E-state index in [-0.39, 0.29) is 11.8 Å². The van der Waals surface area contributed by atoms with Gasteiger partial charge in [-0.3, -0.25) is 4.79 Å². The number of carbonyl (C=O) groups is 1. The van der Waals surface area contributed by atoms with E-state index in [9.17, 15) is 4.79 Å². The minimum absolute atomic E-state index is 0.120. The van der Waals surface area contributed by atoms with Gasteiger partial charge in [0.1, 0.15) is 17.3 Å². The minimum Gasteiger partial charge on any atom is -0.466 e. The first kappa shape index (κ1) is 15.8. The SMILES string of the molecule is Cc1cc(C(C)C(=O)N2CCn3c(nnc3C(C)C)C2)c(C)o1. The van der Waals surface area contributed by atoms with Crippen molar-refractivity contribution in [3.63, 3.8) is 0 Å². The number of amides is 1. The Balaban J connectivity index is 1.78. The highest BCUT2D eigenvalue weighted by molar-refractivity contribution is 5.83. The summed E-state index contributed by atoms with van der Waals surface area (Å²) < 4.78 is 7.71. The van der Waals surface area contributed by atoms with Gasteiger partial charge in [-0.25, -0.2) is 0 Å². The maximum Gasteiger partial charge on any atom is 0.230 e. The van der Waals surface area contributed by atoms with Crippen LogP contribution in [-0.4, -0.2) is 32.1 Å². The fraction of sp³-hybridized carbons (Fsp3) is 0.588. The van der Waals surface area contributed by atoms with E-state index in [1.807, 2.05) is 31.7 Å². The zero-order valence-corrected chi connectivity index (χ0v) is 14.5. The van der Waals surface area contributed by atoms with Gasteiger partial charge < -0.3 is 13.9 Å². The number of nitrogens with zero attached hydrogens (tertiary/aromatic N) is 4. The van der Waals surface area contributed by atoms with Crippen LogP contribution in [0, 0.1) is 13.8 Å². The van der Waals surface area contributed by atoms with Crippen molar-refractivity contribution in [2.75, 3.05) is 6.54 Å². The summed E-state index contributed by atoms with van der Waals surface area (Å²) >= 11 is 0. The zero-order valence-electron chi connectivity index (χ0n) is 14.5. The van der Waals surface area contributed by atoms with Crippen LogP contribution >= 0.6 is 0 Å². The number of aromatic nitrogens is 3. The predicted molar refractivity (Wildman–Crippen MR) is 86.1 cm³/mol. The van der Waals surface area contributed by atoms with Gasteiger partial charge >= 0.3 is 0 Å². The van der Waals surface area contributed by atoms with Gasteiger partial charge in [-0.05, 0) is 26.8 Å². The molecule has 6 nitrogen and oxygen atoms in total. The van der Waals surface area contributed by atoms with Crippen molar-refractivity contribution in [1.29, 1.82) is 0 Å². The second-order valence-corrected chi connectivity index (χ2v) is 6.63. The van der Waals surface area contributed by atoms with E-state index in [0.29, 0.717) is 19.0 Å². The van der Waals surface area contributed by atoms with Crippen LogP contribution in [0.15, 0.2) is 10.5 Å². The third-order valence-corrected chi connectivity index (χ3v) is 4.53. The topological polar surface area (TPSA) is 64.2 Å². The van der Waals surface area contributed by atoms with Crippen molar-refractivity contribution < 1.29 is 9.21 Å². The molecule has 23 heavy (non-hydrogen) atoms. The number of aryl methyl sites for hydroxylation is 2. The molecule has 0 spiro atoms. The molecule has 2 aromatic rings. The summed E-state index contributed by atoms with van der Waals surface area (Å²) in [4.78, 5) is 14.7. The van der Waals surface area contributed by atoms with Crippen molar-refractivity contribution >= 4 is 5.91 Å². The molecule has 6 heteroatoms. The molecule has 1 aliphatic rings. The Bertz CT molecular complexity index is 729. The summed E-state index contributed by atoms with van der Waals surface area (Å²) in [6.45, 7) is 12.0. The molecule has 0 bridgehead atoms. The lowest BCUT2D eigenvalue weighted by molar-refractivity contribution is -0.134. The lowest BCUT2D eigenvalue weighted by Crippen LogP contribution is -2.40. The lowest BCUT2D eigenvalue weighted by atomic mass is 9.99. The van der Waals surface area contributed by atoms with Gasteiger partial charge in [0.2, 0.25) is 5.91 Å². The predicted octanol–water partition coefficient (Wildman–Crippen LogP) is 2.76. The molecule has 1 unspecified atom stereocenters. The van der Waals surface area contributed by atoms with E-state index in [2.05, 4.69) is 28.6 Å². The molecule has 2 aromatic heterocycles. The Morgan fingerprint density at radius 1 is 1.22 bits per heavy atom. The minimum atomic E-state index is -0.202. The van der Waals surface area contributed by atoms with Crippen molar-refractivity contribution in [2.45, 2.75) is 59.5 Å². The van der Waals surface area contributed by atoms with Crippen LogP contribution in [0.1, 0.15) is 61.3 Å². The lowest BCUT2D eigenvalue weighted by Gasteiger charge is -2.30. The van der Waals surface area contributed by atoms with Gasteiger partial charge in [0, 0.05) is 24.6 Å². The Morgan fingerprint density at radius 3 is 2.57 bits per heavy atom. The van der Waals surface area contributed by atoms with Gasteiger partial charge in [0.25, 0.3) is 0 Å². The first-order valence-corrected chi connectivity index (χ1v) is 8.16. The monoisotopic (exact) mass is 316 g/mol. The normalized spacial score (nSPS) is 15.8. The molecule has 0 fully saturated rings. The van der Waals surface area contributed by atoms with Crippen LogP contribution in [0.3, 0.4) is 0 Å². The maximum absolute atomic E-state index is 12.8. The Labute approximate surface area is 136 Å². The number of fused-ring (bicyclic) bond motifs is 1. The molecule has 0 aromatic carbocycles. The molecule has 1 amide bonds. The van der Waals surface area contributed by atoms with Crippen LogP contribution in [-0.2, 0) is 17.9 Å². The molecule has 124 valence electrons. The first-order chi connectivity index (χ1) is 10.9. The first-order valence-electron chi connectivity index (χ1n) is 8.16. The Kier molecular flexibility index (Phi) is 4.00. The Morgan fingerprint density at radius 2 is 1.96 bits per heavy atom. The van der Waals surface area contributed by atoms with Gasteiger partial charge in [-0.15, -0.1) is 10.2 Å². The summed E-state index contributed by atoms with van der Waals surface area (Å²) in [5.41, 5.74) is 0.974.